The Morgan fingerprint density at radius 1 is 1.31 bits per heavy atom. The van der Waals surface area contributed by atoms with Crippen molar-refractivity contribution in [1.82, 2.24) is 14.8 Å². The number of carbonyl (C=O) groups is 1. The van der Waals surface area contributed by atoms with Crippen molar-refractivity contribution in [2.45, 2.75) is 55.8 Å². The van der Waals surface area contributed by atoms with Crippen molar-refractivity contribution in [3.8, 4) is 11.3 Å². The lowest BCUT2D eigenvalue weighted by atomic mass is 9.95. The summed E-state index contributed by atoms with van der Waals surface area (Å²) >= 11 is 0. The number of carbonyl (C=O) groups excluding carboxylic acids is 1. The van der Waals surface area contributed by atoms with E-state index in [-0.39, 0.29) is 29.1 Å². The quantitative estimate of drug-likeness (QED) is 0.766. The molecular weight excluding hydrogens is 354 g/mol. The Balaban J connectivity index is 1.95. The van der Waals surface area contributed by atoms with Crippen LogP contribution in [0.25, 0.3) is 11.3 Å². The number of pyridine rings is 1. The van der Waals surface area contributed by atoms with E-state index in [1.807, 2.05) is 4.68 Å². The van der Waals surface area contributed by atoms with Crippen molar-refractivity contribution in [2.24, 2.45) is 0 Å². The molecule has 2 aromatic heterocycles. The predicted molar refractivity (Wildman–Crippen MR) is 94.4 cm³/mol. The Morgan fingerprint density at radius 2 is 2.08 bits per heavy atom. The molecule has 2 aromatic rings. The zero-order valence-corrected chi connectivity index (χ0v) is 15.5. The van der Waals surface area contributed by atoms with Crippen molar-refractivity contribution >= 4 is 15.8 Å². The summed E-state index contributed by atoms with van der Waals surface area (Å²) in [7, 11) is -3.62. The molecule has 3 heterocycles. The minimum atomic E-state index is -3.62. The molecule has 4 rings (SSSR count). The van der Waals surface area contributed by atoms with Crippen molar-refractivity contribution in [2.75, 3.05) is 6.61 Å². The van der Waals surface area contributed by atoms with Crippen molar-refractivity contribution in [3.63, 3.8) is 0 Å². The fourth-order valence-corrected chi connectivity index (χ4v) is 5.43. The minimum absolute atomic E-state index is 0.0693. The lowest BCUT2D eigenvalue weighted by molar-refractivity contribution is 0.0517. The second-order valence-electron chi connectivity index (χ2n) is 6.75. The molecule has 0 aromatic carbocycles. The molecule has 8 heteroatoms. The lowest BCUT2D eigenvalue weighted by Crippen LogP contribution is -2.19. The van der Waals surface area contributed by atoms with Crippen LogP contribution in [0.3, 0.4) is 0 Å². The number of ether oxygens (including phenoxy) is 1. The summed E-state index contributed by atoms with van der Waals surface area (Å²) in [5.74, 6) is -0.839. The van der Waals surface area contributed by atoms with E-state index >= 15 is 0 Å². The molecule has 0 amide bonds. The van der Waals surface area contributed by atoms with Gasteiger partial charge in [-0.3, -0.25) is 4.68 Å². The van der Waals surface area contributed by atoms with Gasteiger partial charge in [-0.15, -0.1) is 0 Å². The molecule has 138 valence electrons. The van der Waals surface area contributed by atoms with Gasteiger partial charge in [0.15, 0.2) is 10.7 Å². The number of fused-ring (bicyclic) bond motifs is 3. The standard InChI is InChI=1S/C18H21N3O4S/c1-2-25-18(22)15-14-11-26(23,24)17-13(9-6-10-19-17)16(14)21(20-15)12-7-4-3-5-8-12/h6,9-10,12H,2-5,7-8,11H2,1H3. The van der Waals surface area contributed by atoms with Crippen LogP contribution in [0.2, 0.25) is 0 Å². The van der Waals surface area contributed by atoms with E-state index in [1.165, 1.54) is 12.6 Å². The smallest absolute Gasteiger partial charge is 0.359 e. The van der Waals surface area contributed by atoms with Gasteiger partial charge < -0.3 is 4.74 Å². The number of esters is 1. The van der Waals surface area contributed by atoms with E-state index in [0.29, 0.717) is 16.8 Å². The lowest BCUT2D eigenvalue weighted by Gasteiger charge is -2.26. The van der Waals surface area contributed by atoms with Crippen molar-refractivity contribution in [1.29, 1.82) is 0 Å². The average Bonchev–Trinajstić information content (AvgIpc) is 3.01. The average molecular weight is 375 g/mol. The molecule has 0 radical (unpaired) electrons. The molecule has 26 heavy (non-hydrogen) atoms. The van der Waals surface area contributed by atoms with Gasteiger partial charge in [0.1, 0.15) is 0 Å². The third-order valence-corrected chi connectivity index (χ3v) is 6.64. The third kappa shape index (κ3) is 2.72. The topological polar surface area (TPSA) is 91.1 Å². The largest absolute Gasteiger partial charge is 0.461 e. The van der Waals surface area contributed by atoms with Crippen LogP contribution in [0.4, 0.5) is 0 Å². The third-order valence-electron chi connectivity index (χ3n) is 5.05. The maximum Gasteiger partial charge on any atom is 0.359 e. The zero-order chi connectivity index (χ0) is 18.3. The molecular formula is C18H21N3O4S. The highest BCUT2D eigenvalue weighted by atomic mass is 32.2. The molecule has 7 nitrogen and oxygen atoms in total. The van der Waals surface area contributed by atoms with E-state index in [1.54, 1.807) is 19.1 Å². The molecule has 0 bridgehead atoms. The monoisotopic (exact) mass is 375 g/mol. The Labute approximate surface area is 152 Å². The van der Waals surface area contributed by atoms with E-state index in [2.05, 4.69) is 10.1 Å². The molecule has 2 aliphatic rings. The summed E-state index contributed by atoms with van der Waals surface area (Å²) < 4.78 is 32.4. The molecule has 1 saturated carbocycles. The number of rotatable bonds is 3. The number of hydrogen-bond acceptors (Lipinski definition) is 6. The molecule has 1 fully saturated rings. The highest BCUT2D eigenvalue weighted by molar-refractivity contribution is 7.90. The normalized spacial score (nSPS) is 18.8. The second kappa shape index (κ2) is 6.50. The fraction of sp³-hybridized carbons (Fsp3) is 0.500. The summed E-state index contributed by atoms with van der Waals surface area (Å²) in [6.45, 7) is 1.94. The van der Waals surface area contributed by atoms with Crippen LogP contribution in [-0.4, -0.2) is 35.8 Å². The van der Waals surface area contributed by atoms with E-state index in [4.69, 9.17) is 4.74 Å². The predicted octanol–water partition coefficient (Wildman–Crippen LogP) is 2.91. The first-order valence-corrected chi connectivity index (χ1v) is 10.6. The Bertz CT molecular complexity index is 959. The van der Waals surface area contributed by atoms with Gasteiger partial charge in [-0.1, -0.05) is 19.3 Å². The van der Waals surface area contributed by atoms with Gasteiger partial charge in [0.2, 0.25) is 9.84 Å². The highest BCUT2D eigenvalue weighted by Gasteiger charge is 2.38. The summed E-state index contributed by atoms with van der Waals surface area (Å²) in [6.07, 6.45) is 6.82. The van der Waals surface area contributed by atoms with Crippen LogP contribution in [0.5, 0.6) is 0 Å². The molecule has 0 saturated heterocycles. The van der Waals surface area contributed by atoms with Gasteiger partial charge in [-0.05, 0) is 31.9 Å². The maximum absolute atomic E-state index is 12.7. The first-order chi connectivity index (χ1) is 12.5. The number of nitrogens with zero attached hydrogens (tertiary/aromatic N) is 3. The van der Waals surface area contributed by atoms with E-state index < -0.39 is 15.8 Å². The van der Waals surface area contributed by atoms with Gasteiger partial charge >= 0.3 is 5.97 Å². The van der Waals surface area contributed by atoms with Crippen LogP contribution in [0, 0.1) is 0 Å². The Kier molecular flexibility index (Phi) is 4.30. The van der Waals surface area contributed by atoms with E-state index in [9.17, 15) is 13.2 Å². The highest BCUT2D eigenvalue weighted by Crippen LogP contribution is 2.41. The SMILES string of the molecule is CCOC(=O)c1nn(C2CCCCC2)c2c1CS(=O)(=O)c1ncccc1-2. The van der Waals surface area contributed by atoms with Gasteiger partial charge in [0.25, 0.3) is 0 Å². The molecule has 0 N–H and O–H groups in total. The molecule has 1 aliphatic carbocycles. The summed E-state index contributed by atoms with van der Waals surface area (Å²) in [5.41, 5.74) is 1.79. The van der Waals surface area contributed by atoms with Crippen LogP contribution >= 0.6 is 0 Å². The number of hydrogen-bond donors (Lipinski definition) is 0. The Morgan fingerprint density at radius 3 is 2.81 bits per heavy atom. The van der Waals surface area contributed by atoms with Crippen LogP contribution < -0.4 is 0 Å². The fourth-order valence-electron chi connectivity index (χ4n) is 3.92. The van der Waals surface area contributed by atoms with Gasteiger partial charge in [0, 0.05) is 17.3 Å². The van der Waals surface area contributed by atoms with Gasteiger partial charge in [0.05, 0.1) is 24.1 Å². The van der Waals surface area contributed by atoms with E-state index in [0.717, 1.165) is 25.7 Å². The minimum Gasteiger partial charge on any atom is -0.461 e. The number of sulfone groups is 1. The Hall–Kier alpha value is -2.22. The number of aromatic nitrogens is 3. The van der Waals surface area contributed by atoms with Gasteiger partial charge in [-0.2, -0.15) is 5.10 Å². The first kappa shape index (κ1) is 17.2. The summed E-state index contributed by atoms with van der Waals surface area (Å²) in [6, 6.07) is 3.62. The van der Waals surface area contributed by atoms with Gasteiger partial charge in [-0.25, -0.2) is 18.2 Å². The maximum atomic E-state index is 12.7. The van der Waals surface area contributed by atoms with Crippen LogP contribution in [0.1, 0.15) is 61.1 Å². The molecule has 0 spiro atoms. The zero-order valence-electron chi connectivity index (χ0n) is 14.6. The summed E-state index contributed by atoms with van der Waals surface area (Å²) in [5, 5.41) is 4.62. The van der Waals surface area contributed by atoms with Crippen LogP contribution in [-0.2, 0) is 20.3 Å². The van der Waals surface area contributed by atoms with Crippen LogP contribution in [0.15, 0.2) is 23.4 Å². The first-order valence-electron chi connectivity index (χ1n) is 8.99. The summed E-state index contributed by atoms with van der Waals surface area (Å²) in [4.78, 5) is 16.5. The van der Waals surface area contributed by atoms with Crippen molar-refractivity contribution in [3.05, 3.63) is 29.6 Å². The molecule has 1 aliphatic heterocycles. The molecule has 0 unspecified atom stereocenters. The molecule has 0 atom stereocenters. The second-order valence-corrected chi connectivity index (χ2v) is 8.65. The van der Waals surface area contributed by atoms with Crippen molar-refractivity contribution < 1.29 is 17.9 Å².